The molecule has 0 aliphatic heterocycles. The first-order valence-electron chi connectivity index (χ1n) is 7.21. The molecule has 0 atom stereocenters. The van der Waals surface area contributed by atoms with Crippen LogP contribution in [-0.4, -0.2) is 14.6 Å². The third-order valence-corrected chi connectivity index (χ3v) is 4.50. The molecular weight excluding hydrogens is 248 g/mol. The molecule has 2 heterocycles. The van der Waals surface area contributed by atoms with E-state index in [9.17, 15) is 0 Å². The zero-order valence-corrected chi connectivity index (χ0v) is 14.0. The Hall–Kier alpha value is -1.45. The standard InChI is InChI=1S/C16H27N4/c1-14(2,3)13-18-17-12-11-19(9-10-20(12)13)16(7,8)15(4,5)6/h9-11H,1-8H3/q+1. The molecule has 0 saturated heterocycles. The highest BCUT2D eigenvalue weighted by Crippen LogP contribution is 2.31. The summed E-state index contributed by atoms with van der Waals surface area (Å²) in [4.78, 5) is 0. The normalized spacial score (nSPS) is 14.0. The van der Waals surface area contributed by atoms with Crippen LogP contribution in [0.3, 0.4) is 0 Å². The van der Waals surface area contributed by atoms with Gasteiger partial charge in [0, 0.05) is 24.7 Å². The maximum absolute atomic E-state index is 4.35. The summed E-state index contributed by atoms with van der Waals surface area (Å²) in [5.41, 5.74) is 1.05. The fourth-order valence-electron chi connectivity index (χ4n) is 2.09. The second-order valence-electron chi connectivity index (χ2n) is 8.15. The molecule has 110 valence electrons. The third-order valence-electron chi connectivity index (χ3n) is 4.50. The number of fused-ring (bicyclic) bond motifs is 1. The van der Waals surface area contributed by atoms with Gasteiger partial charge in [-0.3, -0.25) is 4.40 Å². The van der Waals surface area contributed by atoms with E-state index in [0.717, 1.165) is 11.5 Å². The van der Waals surface area contributed by atoms with Gasteiger partial charge in [-0.05, 0) is 0 Å². The summed E-state index contributed by atoms with van der Waals surface area (Å²) in [6, 6.07) is 0. The lowest BCUT2D eigenvalue weighted by Gasteiger charge is -2.33. The second-order valence-corrected chi connectivity index (χ2v) is 8.15. The van der Waals surface area contributed by atoms with E-state index in [4.69, 9.17) is 0 Å². The number of rotatable bonds is 1. The Labute approximate surface area is 121 Å². The first-order valence-corrected chi connectivity index (χ1v) is 7.21. The molecule has 0 aromatic carbocycles. The minimum absolute atomic E-state index is 0.00258. The summed E-state index contributed by atoms with van der Waals surface area (Å²) < 4.78 is 4.32. The molecule has 0 aliphatic rings. The molecular formula is C16H27N4+. The van der Waals surface area contributed by atoms with Crippen molar-refractivity contribution >= 4 is 5.65 Å². The number of nitrogens with zero attached hydrogens (tertiary/aromatic N) is 4. The van der Waals surface area contributed by atoms with Crippen LogP contribution in [0, 0.1) is 5.41 Å². The third kappa shape index (κ3) is 2.32. The van der Waals surface area contributed by atoms with Crippen molar-refractivity contribution in [2.45, 2.75) is 66.3 Å². The van der Waals surface area contributed by atoms with Gasteiger partial charge in [0.25, 0.3) is 0 Å². The Morgan fingerprint density at radius 1 is 0.950 bits per heavy atom. The maximum atomic E-state index is 4.35. The summed E-state index contributed by atoms with van der Waals surface area (Å²) in [5.74, 6) is 0.994. The van der Waals surface area contributed by atoms with Gasteiger partial charge in [-0.2, -0.15) is 4.57 Å². The van der Waals surface area contributed by atoms with Crippen LogP contribution in [-0.2, 0) is 11.0 Å². The van der Waals surface area contributed by atoms with E-state index in [-0.39, 0.29) is 16.4 Å². The van der Waals surface area contributed by atoms with Gasteiger partial charge in [0.05, 0.1) is 6.20 Å². The van der Waals surface area contributed by atoms with Gasteiger partial charge < -0.3 is 0 Å². The SMILES string of the molecule is CC(C)(C)c1nnc2c[n+](C(C)(C)C(C)(C)C)ccn12. The smallest absolute Gasteiger partial charge is 0.225 e. The molecule has 0 spiro atoms. The van der Waals surface area contributed by atoms with Crippen LogP contribution >= 0.6 is 0 Å². The molecule has 0 amide bonds. The first-order chi connectivity index (χ1) is 8.94. The summed E-state index contributed by atoms with van der Waals surface area (Å²) in [5, 5.41) is 8.69. The number of aromatic nitrogens is 4. The van der Waals surface area contributed by atoms with Crippen LogP contribution < -0.4 is 4.57 Å². The zero-order valence-electron chi connectivity index (χ0n) is 14.0. The lowest BCUT2D eigenvalue weighted by Crippen LogP contribution is -2.59. The summed E-state index contributed by atoms with van der Waals surface area (Å²) in [6.45, 7) is 17.8. The van der Waals surface area contributed by atoms with Crippen molar-refractivity contribution in [3.63, 3.8) is 0 Å². The number of hydrogen-bond acceptors (Lipinski definition) is 2. The van der Waals surface area contributed by atoms with Crippen LogP contribution in [0.4, 0.5) is 0 Å². The van der Waals surface area contributed by atoms with Crippen molar-refractivity contribution in [3.8, 4) is 0 Å². The highest BCUT2D eigenvalue weighted by Gasteiger charge is 2.41. The molecule has 0 fully saturated rings. The van der Waals surface area contributed by atoms with Gasteiger partial charge in [-0.15, -0.1) is 10.2 Å². The molecule has 0 radical (unpaired) electrons. The Kier molecular flexibility index (Phi) is 3.19. The van der Waals surface area contributed by atoms with Gasteiger partial charge in [0.2, 0.25) is 11.8 Å². The minimum atomic E-state index is -0.00878. The van der Waals surface area contributed by atoms with Crippen molar-refractivity contribution in [3.05, 3.63) is 24.4 Å². The summed E-state index contributed by atoms with van der Waals surface area (Å²) in [7, 11) is 0. The van der Waals surface area contributed by atoms with E-state index in [1.807, 2.05) is 0 Å². The van der Waals surface area contributed by atoms with Crippen molar-refractivity contribution < 1.29 is 4.57 Å². The van der Waals surface area contributed by atoms with Gasteiger partial charge in [0.15, 0.2) is 11.7 Å². The van der Waals surface area contributed by atoms with Crippen molar-refractivity contribution in [1.29, 1.82) is 0 Å². The molecule has 0 saturated carbocycles. The van der Waals surface area contributed by atoms with Gasteiger partial charge >= 0.3 is 0 Å². The fraction of sp³-hybridized carbons (Fsp3) is 0.688. The molecule has 0 N–H and O–H groups in total. The quantitative estimate of drug-likeness (QED) is 0.749. The predicted octanol–water partition coefficient (Wildman–Crippen LogP) is 3.10. The van der Waals surface area contributed by atoms with Crippen LogP contribution in [0.5, 0.6) is 0 Å². The van der Waals surface area contributed by atoms with E-state index >= 15 is 0 Å². The van der Waals surface area contributed by atoms with Gasteiger partial charge in [0.1, 0.15) is 5.82 Å². The van der Waals surface area contributed by atoms with Crippen LogP contribution in [0.2, 0.25) is 0 Å². The average molecular weight is 275 g/mol. The van der Waals surface area contributed by atoms with Gasteiger partial charge in [-0.25, -0.2) is 0 Å². The van der Waals surface area contributed by atoms with E-state index in [1.54, 1.807) is 0 Å². The van der Waals surface area contributed by atoms with E-state index in [2.05, 4.69) is 93.1 Å². The number of hydrogen-bond donors (Lipinski definition) is 0. The Morgan fingerprint density at radius 2 is 1.55 bits per heavy atom. The summed E-state index contributed by atoms with van der Waals surface area (Å²) in [6.07, 6.45) is 6.29. The molecule has 2 aromatic heterocycles. The largest absolute Gasteiger partial charge is 0.275 e. The highest BCUT2D eigenvalue weighted by atomic mass is 15.3. The van der Waals surface area contributed by atoms with E-state index < -0.39 is 0 Å². The second kappa shape index (κ2) is 4.27. The molecule has 0 bridgehead atoms. The van der Waals surface area contributed by atoms with Crippen molar-refractivity contribution in [1.82, 2.24) is 14.6 Å². The molecule has 0 aliphatic carbocycles. The van der Waals surface area contributed by atoms with Crippen LogP contribution in [0.15, 0.2) is 18.6 Å². The summed E-state index contributed by atoms with van der Waals surface area (Å²) >= 11 is 0. The Morgan fingerprint density at radius 3 is 2.05 bits per heavy atom. The van der Waals surface area contributed by atoms with Crippen LogP contribution in [0.1, 0.15) is 61.2 Å². The average Bonchev–Trinajstić information content (AvgIpc) is 2.69. The van der Waals surface area contributed by atoms with Crippen molar-refractivity contribution in [2.75, 3.05) is 0 Å². The predicted molar refractivity (Wildman–Crippen MR) is 80.7 cm³/mol. The zero-order chi connectivity index (χ0) is 15.3. The lowest BCUT2D eigenvalue weighted by molar-refractivity contribution is -0.771. The first kappa shape index (κ1) is 14.9. The highest BCUT2D eigenvalue weighted by molar-refractivity contribution is 5.33. The molecule has 4 nitrogen and oxygen atoms in total. The molecule has 4 heteroatoms. The van der Waals surface area contributed by atoms with Crippen molar-refractivity contribution in [2.24, 2.45) is 5.41 Å². The van der Waals surface area contributed by atoms with Gasteiger partial charge in [-0.1, -0.05) is 41.5 Å². The van der Waals surface area contributed by atoms with E-state index in [1.165, 1.54) is 0 Å². The lowest BCUT2D eigenvalue weighted by atomic mass is 9.76. The maximum Gasteiger partial charge on any atom is 0.225 e. The fourth-order valence-corrected chi connectivity index (χ4v) is 2.09. The molecule has 0 unspecified atom stereocenters. The molecule has 2 aromatic rings. The topological polar surface area (TPSA) is 34.1 Å². The molecule has 20 heavy (non-hydrogen) atoms. The Balaban J connectivity index is 2.58. The molecule has 2 rings (SSSR count). The minimum Gasteiger partial charge on any atom is -0.275 e. The Bertz CT molecular complexity index is 624. The monoisotopic (exact) mass is 275 g/mol. The van der Waals surface area contributed by atoms with Crippen LogP contribution in [0.25, 0.3) is 5.65 Å². The van der Waals surface area contributed by atoms with E-state index in [0.29, 0.717) is 0 Å².